The highest BCUT2D eigenvalue weighted by atomic mass is 16.6. The predicted octanol–water partition coefficient (Wildman–Crippen LogP) is 2.81. The molecule has 164 valence electrons. The van der Waals surface area contributed by atoms with Crippen molar-refractivity contribution in [3.63, 3.8) is 0 Å². The summed E-state index contributed by atoms with van der Waals surface area (Å²) in [6, 6.07) is 0. The van der Waals surface area contributed by atoms with Gasteiger partial charge in [0.25, 0.3) is 0 Å². The summed E-state index contributed by atoms with van der Waals surface area (Å²) in [4.78, 5) is 25.2. The van der Waals surface area contributed by atoms with E-state index in [-0.39, 0.29) is 49.2 Å². The maximum absolute atomic E-state index is 12.7. The molecule has 29 heavy (non-hydrogen) atoms. The van der Waals surface area contributed by atoms with Crippen LogP contribution in [0, 0.1) is 47.3 Å². The Bertz CT molecular complexity index is 652. The molecule has 2 aliphatic heterocycles. The summed E-state index contributed by atoms with van der Waals surface area (Å²) >= 11 is 0. The monoisotopic (exact) mass is 408 g/mol. The summed E-state index contributed by atoms with van der Waals surface area (Å²) in [6.07, 6.45) is 2.73. The van der Waals surface area contributed by atoms with Gasteiger partial charge in [-0.15, -0.1) is 0 Å². The van der Waals surface area contributed by atoms with E-state index < -0.39 is 5.60 Å². The van der Waals surface area contributed by atoms with Crippen LogP contribution in [-0.4, -0.2) is 48.1 Å². The topological polar surface area (TPSA) is 82.1 Å². The lowest BCUT2D eigenvalue weighted by Gasteiger charge is -2.42. The molecule has 4 bridgehead atoms. The molecule has 10 atom stereocenters. The summed E-state index contributed by atoms with van der Waals surface area (Å²) in [5, 5.41) is 8.96. The molecular weight excluding hydrogens is 372 g/mol. The fourth-order valence-electron chi connectivity index (χ4n) is 7.07. The fraction of sp³-hybridized carbons (Fsp3) is 0.913. The second-order valence-electron chi connectivity index (χ2n) is 10.8. The zero-order valence-corrected chi connectivity index (χ0v) is 18.3. The van der Waals surface area contributed by atoms with Gasteiger partial charge in [0.1, 0.15) is 12.2 Å². The number of esters is 2. The first-order valence-electron chi connectivity index (χ1n) is 11.3. The number of aliphatic hydroxyl groups excluding tert-OH is 1. The maximum atomic E-state index is 12.7. The van der Waals surface area contributed by atoms with E-state index in [0.717, 1.165) is 19.3 Å². The van der Waals surface area contributed by atoms with Crippen molar-refractivity contribution in [1.82, 2.24) is 0 Å². The van der Waals surface area contributed by atoms with Crippen LogP contribution in [0.3, 0.4) is 0 Å². The van der Waals surface area contributed by atoms with Crippen LogP contribution in [0.1, 0.15) is 53.9 Å². The third-order valence-electron chi connectivity index (χ3n) is 8.06. The van der Waals surface area contributed by atoms with Crippen molar-refractivity contribution in [2.24, 2.45) is 47.3 Å². The lowest BCUT2D eigenvalue weighted by Crippen LogP contribution is -2.45. The van der Waals surface area contributed by atoms with Crippen molar-refractivity contribution in [1.29, 1.82) is 0 Å². The molecule has 2 saturated carbocycles. The molecule has 0 radical (unpaired) electrons. The van der Waals surface area contributed by atoms with Crippen LogP contribution in [0.2, 0.25) is 0 Å². The van der Waals surface area contributed by atoms with E-state index in [9.17, 15) is 9.59 Å². The molecule has 1 N–H and O–H groups in total. The van der Waals surface area contributed by atoms with E-state index >= 15 is 0 Å². The number of ether oxygens (including phenoxy) is 3. The number of fused-ring (bicyclic) bond motifs is 4. The molecule has 2 heterocycles. The number of hydrogen-bond donors (Lipinski definition) is 1. The van der Waals surface area contributed by atoms with Gasteiger partial charge in [-0.1, -0.05) is 13.8 Å². The van der Waals surface area contributed by atoms with E-state index in [1.54, 1.807) is 0 Å². The van der Waals surface area contributed by atoms with Crippen molar-refractivity contribution in [2.75, 3.05) is 13.2 Å². The molecule has 2 saturated heterocycles. The number of rotatable bonds is 5. The average Bonchev–Trinajstić information content (AvgIpc) is 3.37. The quantitative estimate of drug-likeness (QED) is 0.705. The second kappa shape index (κ2) is 7.52. The van der Waals surface area contributed by atoms with Gasteiger partial charge in [-0.3, -0.25) is 9.59 Å². The molecule has 0 aromatic heterocycles. The first-order chi connectivity index (χ1) is 13.6. The Kier molecular flexibility index (Phi) is 5.48. The Morgan fingerprint density at radius 1 is 1.00 bits per heavy atom. The van der Waals surface area contributed by atoms with Crippen LogP contribution in [0.5, 0.6) is 0 Å². The Morgan fingerprint density at radius 3 is 2.31 bits per heavy atom. The van der Waals surface area contributed by atoms with Crippen molar-refractivity contribution >= 4 is 11.9 Å². The van der Waals surface area contributed by atoms with Crippen molar-refractivity contribution in [2.45, 2.75) is 71.7 Å². The molecular formula is C23H36O6. The standard InChI is InChI=1S/C23H36O6/c1-11-14-8-13(9-15(14)22(26)29-23(3,4)5)18(11)19-12(2)17-10-16(20(19)28-17)21(25)27-7-6-24/h11-20,24H,6-10H2,1-5H3. The van der Waals surface area contributed by atoms with Crippen molar-refractivity contribution in [3.05, 3.63) is 0 Å². The molecule has 2 aliphatic carbocycles. The summed E-state index contributed by atoms with van der Waals surface area (Å²) in [7, 11) is 0. The highest BCUT2D eigenvalue weighted by Crippen LogP contribution is 2.63. The third-order valence-corrected chi connectivity index (χ3v) is 8.06. The smallest absolute Gasteiger partial charge is 0.311 e. The van der Waals surface area contributed by atoms with E-state index in [2.05, 4.69) is 13.8 Å². The highest BCUT2D eigenvalue weighted by molar-refractivity contribution is 5.74. The normalized spacial score (nSPS) is 45.6. The van der Waals surface area contributed by atoms with E-state index in [0.29, 0.717) is 35.5 Å². The predicted molar refractivity (Wildman–Crippen MR) is 106 cm³/mol. The van der Waals surface area contributed by atoms with Gasteiger partial charge >= 0.3 is 11.9 Å². The molecule has 0 amide bonds. The van der Waals surface area contributed by atoms with Gasteiger partial charge in [0.05, 0.1) is 30.7 Å². The molecule has 4 aliphatic rings. The van der Waals surface area contributed by atoms with Crippen molar-refractivity contribution < 1.29 is 28.9 Å². The molecule has 4 fully saturated rings. The van der Waals surface area contributed by atoms with Crippen LogP contribution in [0.15, 0.2) is 0 Å². The van der Waals surface area contributed by atoms with Crippen LogP contribution in [0.25, 0.3) is 0 Å². The maximum Gasteiger partial charge on any atom is 0.311 e. The third kappa shape index (κ3) is 3.60. The van der Waals surface area contributed by atoms with Gasteiger partial charge in [-0.25, -0.2) is 0 Å². The molecule has 6 heteroatoms. The SMILES string of the molecule is CC1C2CC(CC2C(=O)OC(C)(C)C)C1C1C(C)C2CC(C(=O)OCCO)C1O2. The highest BCUT2D eigenvalue weighted by Gasteiger charge is 2.63. The minimum atomic E-state index is -0.448. The Balaban J connectivity index is 1.46. The van der Waals surface area contributed by atoms with E-state index in [1.165, 1.54) is 0 Å². The molecule has 10 unspecified atom stereocenters. The van der Waals surface area contributed by atoms with E-state index in [4.69, 9.17) is 19.3 Å². The fourth-order valence-corrected chi connectivity index (χ4v) is 7.07. The largest absolute Gasteiger partial charge is 0.463 e. The average molecular weight is 409 g/mol. The molecule has 0 aromatic carbocycles. The molecule has 0 spiro atoms. The number of hydrogen-bond acceptors (Lipinski definition) is 6. The summed E-state index contributed by atoms with van der Waals surface area (Å²) in [5.41, 5.74) is -0.448. The zero-order valence-electron chi connectivity index (χ0n) is 18.3. The summed E-state index contributed by atoms with van der Waals surface area (Å²) < 4.78 is 17.2. The first kappa shape index (κ1) is 21.1. The van der Waals surface area contributed by atoms with Crippen LogP contribution in [0.4, 0.5) is 0 Å². The number of aliphatic hydroxyl groups is 1. The van der Waals surface area contributed by atoms with Crippen LogP contribution < -0.4 is 0 Å². The van der Waals surface area contributed by atoms with Gasteiger partial charge in [0.15, 0.2) is 0 Å². The lowest BCUT2D eigenvalue weighted by molar-refractivity contribution is -0.163. The lowest BCUT2D eigenvalue weighted by atomic mass is 9.61. The Hall–Kier alpha value is -1.14. The van der Waals surface area contributed by atoms with Gasteiger partial charge in [0, 0.05) is 0 Å². The molecule has 6 nitrogen and oxygen atoms in total. The van der Waals surface area contributed by atoms with Gasteiger partial charge in [-0.2, -0.15) is 0 Å². The minimum Gasteiger partial charge on any atom is -0.463 e. The second-order valence-corrected chi connectivity index (χ2v) is 10.8. The van der Waals surface area contributed by atoms with Crippen LogP contribution in [-0.2, 0) is 23.8 Å². The van der Waals surface area contributed by atoms with Gasteiger partial charge in [-0.05, 0) is 75.5 Å². The number of carbonyl (C=O) groups is 2. The summed E-state index contributed by atoms with van der Waals surface area (Å²) in [5.74, 6) is 2.05. The van der Waals surface area contributed by atoms with E-state index in [1.807, 2.05) is 20.8 Å². The molecule has 0 aromatic rings. The zero-order chi connectivity index (χ0) is 21.1. The van der Waals surface area contributed by atoms with Crippen LogP contribution >= 0.6 is 0 Å². The minimum absolute atomic E-state index is 0.00519. The first-order valence-corrected chi connectivity index (χ1v) is 11.3. The van der Waals surface area contributed by atoms with Crippen molar-refractivity contribution in [3.8, 4) is 0 Å². The van der Waals surface area contributed by atoms with Gasteiger partial charge < -0.3 is 19.3 Å². The number of carbonyl (C=O) groups excluding carboxylic acids is 2. The Labute approximate surface area is 173 Å². The van der Waals surface area contributed by atoms with Gasteiger partial charge in [0.2, 0.25) is 0 Å². The molecule has 4 rings (SSSR count). The summed E-state index contributed by atoms with van der Waals surface area (Å²) in [6.45, 7) is 10.2. The Morgan fingerprint density at radius 2 is 1.72 bits per heavy atom.